The first-order valence-electron chi connectivity index (χ1n) is 7.42. The number of nitrogens with two attached hydrogens (primary N) is 1. The lowest BCUT2D eigenvalue weighted by Gasteiger charge is -2.47. The summed E-state index contributed by atoms with van der Waals surface area (Å²) in [6.07, 6.45) is 10.5. The monoisotopic (exact) mass is 240 g/mol. The molecule has 0 aromatic heterocycles. The molecule has 0 aromatic rings. The molecule has 1 rings (SSSR count). The zero-order valence-corrected chi connectivity index (χ0v) is 12.3. The van der Waals surface area contributed by atoms with Crippen LogP contribution in [0.4, 0.5) is 0 Å². The van der Waals surface area contributed by atoms with Crippen LogP contribution in [0.25, 0.3) is 0 Å². The number of nitrogens with zero attached hydrogens (tertiary/aromatic N) is 1. The van der Waals surface area contributed by atoms with Gasteiger partial charge in [-0.2, -0.15) is 0 Å². The highest BCUT2D eigenvalue weighted by Crippen LogP contribution is 2.36. The fraction of sp³-hybridized carbons (Fsp3) is 1.00. The van der Waals surface area contributed by atoms with Crippen LogP contribution in [0.3, 0.4) is 0 Å². The van der Waals surface area contributed by atoms with Crippen molar-refractivity contribution in [2.75, 3.05) is 14.1 Å². The van der Waals surface area contributed by atoms with Gasteiger partial charge < -0.3 is 10.6 Å². The van der Waals surface area contributed by atoms with Gasteiger partial charge in [0.2, 0.25) is 0 Å². The summed E-state index contributed by atoms with van der Waals surface area (Å²) in [7, 11) is 4.43. The number of rotatable bonds is 6. The first-order chi connectivity index (χ1) is 7.99. The van der Waals surface area contributed by atoms with Gasteiger partial charge in [-0.3, -0.25) is 0 Å². The highest BCUT2D eigenvalue weighted by atomic mass is 15.2. The van der Waals surface area contributed by atoms with Crippen LogP contribution < -0.4 is 5.73 Å². The summed E-state index contributed by atoms with van der Waals surface area (Å²) in [4.78, 5) is 2.41. The van der Waals surface area contributed by atoms with Gasteiger partial charge in [-0.15, -0.1) is 0 Å². The lowest BCUT2D eigenvalue weighted by molar-refractivity contribution is 0.0672. The number of likely N-dealkylation sites (N-methyl/N-ethyl adjacent to an activating group) is 1. The van der Waals surface area contributed by atoms with E-state index in [4.69, 9.17) is 5.73 Å². The molecule has 0 saturated heterocycles. The third-order valence-corrected chi connectivity index (χ3v) is 4.60. The van der Waals surface area contributed by atoms with E-state index in [2.05, 4.69) is 32.8 Å². The van der Waals surface area contributed by atoms with Crippen molar-refractivity contribution in [1.82, 2.24) is 4.90 Å². The molecule has 0 radical (unpaired) electrons. The zero-order chi connectivity index (χ0) is 12.9. The molecule has 0 heterocycles. The predicted octanol–water partition coefficient (Wildman–Crippen LogP) is 3.40. The van der Waals surface area contributed by atoms with Crippen molar-refractivity contribution < 1.29 is 0 Å². The molecule has 1 unspecified atom stereocenters. The quantitative estimate of drug-likeness (QED) is 0.771. The largest absolute Gasteiger partial charge is 0.326 e. The Kier molecular flexibility index (Phi) is 5.94. The molecule has 2 nitrogen and oxygen atoms in total. The van der Waals surface area contributed by atoms with Crippen molar-refractivity contribution in [1.29, 1.82) is 0 Å². The van der Waals surface area contributed by atoms with Gasteiger partial charge in [0.15, 0.2) is 0 Å². The van der Waals surface area contributed by atoms with Crippen LogP contribution in [0.2, 0.25) is 0 Å². The molecule has 1 aliphatic rings. The number of hydrogen-bond donors (Lipinski definition) is 1. The first kappa shape index (κ1) is 15.0. The van der Waals surface area contributed by atoms with Crippen molar-refractivity contribution in [3.05, 3.63) is 0 Å². The van der Waals surface area contributed by atoms with Crippen LogP contribution in [-0.2, 0) is 0 Å². The predicted molar refractivity (Wildman–Crippen MR) is 76.2 cm³/mol. The average molecular weight is 240 g/mol. The maximum absolute atomic E-state index is 6.53. The topological polar surface area (TPSA) is 29.3 Å². The third kappa shape index (κ3) is 3.96. The van der Waals surface area contributed by atoms with E-state index in [1.807, 2.05) is 0 Å². The van der Waals surface area contributed by atoms with Crippen LogP contribution in [0.5, 0.6) is 0 Å². The van der Waals surface area contributed by atoms with E-state index in [9.17, 15) is 0 Å². The van der Waals surface area contributed by atoms with Crippen molar-refractivity contribution in [2.45, 2.75) is 76.8 Å². The van der Waals surface area contributed by atoms with E-state index in [1.165, 1.54) is 51.4 Å². The van der Waals surface area contributed by atoms with Crippen LogP contribution in [0, 0.1) is 5.92 Å². The summed E-state index contributed by atoms with van der Waals surface area (Å²) >= 11 is 0. The summed E-state index contributed by atoms with van der Waals surface area (Å²) in [5, 5.41) is 0. The fourth-order valence-corrected chi connectivity index (χ4v) is 3.33. The second kappa shape index (κ2) is 6.75. The molecule has 0 aliphatic heterocycles. The molecule has 1 atom stereocenters. The van der Waals surface area contributed by atoms with Crippen molar-refractivity contribution in [3.8, 4) is 0 Å². The molecule has 17 heavy (non-hydrogen) atoms. The Balaban J connectivity index is 2.51. The van der Waals surface area contributed by atoms with Gasteiger partial charge in [0, 0.05) is 11.6 Å². The maximum Gasteiger partial charge on any atom is 0.0354 e. The summed E-state index contributed by atoms with van der Waals surface area (Å²) in [6.45, 7) is 4.60. The van der Waals surface area contributed by atoms with Crippen LogP contribution in [0.15, 0.2) is 0 Å². The minimum atomic E-state index is 0.287. The van der Waals surface area contributed by atoms with Crippen LogP contribution >= 0.6 is 0 Å². The molecular weight excluding hydrogens is 208 g/mol. The second-order valence-corrected chi connectivity index (χ2v) is 6.49. The van der Waals surface area contributed by atoms with Crippen LogP contribution in [-0.4, -0.2) is 30.6 Å². The van der Waals surface area contributed by atoms with Crippen molar-refractivity contribution in [3.63, 3.8) is 0 Å². The summed E-state index contributed by atoms with van der Waals surface area (Å²) in [6, 6.07) is 0.358. The Bertz CT molecular complexity index is 205. The molecule has 0 amide bonds. The zero-order valence-electron chi connectivity index (χ0n) is 12.3. The van der Waals surface area contributed by atoms with E-state index in [0.29, 0.717) is 6.04 Å². The van der Waals surface area contributed by atoms with Gasteiger partial charge in [0.25, 0.3) is 0 Å². The summed E-state index contributed by atoms with van der Waals surface area (Å²) in [5.74, 6) is 0.809. The Morgan fingerprint density at radius 2 is 1.65 bits per heavy atom. The highest BCUT2D eigenvalue weighted by Gasteiger charge is 2.39. The van der Waals surface area contributed by atoms with Gasteiger partial charge in [0.1, 0.15) is 0 Å². The second-order valence-electron chi connectivity index (χ2n) is 6.49. The van der Waals surface area contributed by atoms with Crippen LogP contribution in [0.1, 0.15) is 65.2 Å². The molecule has 0 bridgehead atoms. The molecule has 1 saturated carbocycles. The first-order valence-corrected chi connectivity index (χ1v) is 7.42. The normalized spacial score (nSPS) is 22.1. The fourth-order valence-electron chi connectivity index (χ4n) is 3.33. The average Bonchev–Trinajstić information content (AvgIpc) is 2.29. The van der Waals surface area contributed by atoms with E-state index in [0.717, 1.165) is 5.92 Å². The molecule has 1 aliphatic carbocycles. The van der Waals surface area contributed by atoms with Gasteiger partial charge in [-0.1, -0.05) is 46.0 Å². The molecule has 1 fully saturated rings. The third-order valence-electron chi connectivity index (χ3n) is 4.60. The Labute approximate surface area is 108 Å². The van der Waals surface area contributed by atoms with E-state index >= 15 is 0 Å². The minimum Gasteiger partial charge on any atom is -0.326 e. The maximum atomic E-state index is 6.53. The molecule has 2 heteroatoms. The molecule has 0 aromatic carbocycles. The van der Waals surface area contributed by atoms with E-state index in [-0.39, 0.29) is 5.54 Å². The smallest absolute Gasteiger partial charge is 0.0354 e. The Morgan fingerprint density at radius 1 is 1.06 bits per heavy atom. The summed E-state index contributed by atoms with van der Waals surface area (Å²) in [5.41, 5.74) is 6.82. The van der Waals surface area contributed by atoms with E-state index < -0.39 is 0 Å². The highest BCUT2D eigenvalue weighted by molar-refractivity contribution is 4.98. The Hall–Kier alpha value is -0.0800. The van der Waals surface area contributed by atoms with Crippen molar-refractivity contribution in [2.24, 2.45) is 11.7 Å². The van der Waals surface area contributed by atoms with Crippen molar-refractivity contribution >= 4 is 0 Å². The minimum absolute atomic E-state index is 0.287. The van der Waals surface area contributed by atoms with Gasteiger partial charge in [-0.25, -0.2) is 0 Å². The standard InChI is InChI=1S/C15H32N2/c1-13(2)9-8-10-14(16)15(17(3)4)11-6-5-7-12-15/h13-14H,5-12,16H2,1-4H3. The lowest BCUT2D eigenvalue weighted by atomic mass is 9.74. The summed E-state index contributed by atoms with van der Waals surface area (Å²) < 4.78 is 0. The number of hydrogen-bond acceptors (Lipinski definition) is 2. The molecular formula is C15H32N2. The molecule has 2 N–H and O–H groups in total. The van der Waals surface area contributed by atoms with Gasteiger partial charge in [0.05, 0.1) is 0 Å². The SMILES string of the molecule is CC(C)CCCC(N)C1(N(C)C)CCCCC1. The molecule has 0 spiro atoms. The lowest BCUT2D eigenvalue weighted by Crippen LogP contribution is -2.58. The molecule has 102 valence electrons. The van der Waals surface area contributed by atoms with Gasteiger partial charge >= 0.3 is 0 Å². The Morgan fingerprint density at radius 3 is 2.12 bits per heavy atom. The van der Waals surface area contributed by atoms with E-state index in [1.54, 1.807) is 0 Å². The van der Waals surface area contributed by atoms with Gasteiger partial charge in [-0.05, 0) is 39.3 Å².